The Morgan fingerprint density at radius 2 is 2.18 bits per heavy atom. The van der Waals surface area contributed by atoms with Crippen molar-refractivity contribution in [2.24, 2.45) is 5.92 Å². The van der Waals surface area contributed by atoms with Gasteiger partial charge in [0.25, 0.3) is 0 Å². The Balaban J connectivity index is 2.02. The minimum Gasteiger partial charge on any atom is -0.396 e. The molecule has 0 bridgehead atoms. The van der Waals surface area contributed by atoms with Crippen molar-refractivity contribution < 1.29 is 14.7 Å². The fourth-order valence-electron chi connectivity index (χ4n) is 2.95. The third-order valence-corrected chi connectivity index (χ3v) is 4.12. The molecule has 1 heterocycles. The second-order valence-corrected chi connectivity index (χ2v) is 5.80. The van der Waals surface area contributed by atoms with E-state index in [0.717, 1.165) is 24.1 Å². The van der Waals surface area contributed by atoms with Gasteiger partial charge in [-0.25, -0.2) is 0 Å². The Morgan fingerprint density at radius 3 is 2.91 bits per heavy atom. The Bertz CT molecular complexity index is 524. The number of hydrogen-bond acceptors (Lipinski definition) is 3. The number of aliphatic hydroxyl groups is 1. The first-order chi connectivity index (χ1) is 10.7. The Hall–Kier alpha value is -1.88. The van der Waals surface area contributed by atoms with Gasteiger partial charge in [-0.3, -0.25) is 9.59 Å². The number of fused-ring (bicyclic) bond motifs is 1. The summed E-state index contributed by atoms with van der Waals surface area (Å²) >= 11 is 0. The van der Waals surface area contributed by atoms with Crippen molar-refractivity contribution in [2.75, 3.05) is 18.5 Å². The molecular weight excluding hydrogens is 280 g/mol. The van der Waals surface area contributed by atoms with Gasteiger partial charge < -0.3 is 15.7 Å². The number of carbonyl (C=O) groups excluding carboxylic acids is 2. The average molecular weight is 304 g/mol. The van der Waals surface area contributed by atoms with Crippen LogP contribution in [0.1, 0.15) is 44.1 Å². The number of hydrogen-bond donors (Lipinski definition) is 3. The summed E-state index contributed by atoms with van der Waals surface area (Å²) in [6.45, 7) is 2.77. The van der Waals surface area contributed by atoms with E-state index in [4.69, 9.17) is 5.11 Å². The third kappa shape index (κ3) is 4.07. The van der Waals surface area contributed by atoms with E-state index >= 15 is 0 Å². The lowest BCUT2D eigenvalue weighted by atomic mass is 9.89. The molecule has 5 nitrogen and oxygen atoms in total. The fraction of sp³-hybridized carbons (Fsp3) is 0.529. The number of rotatable bonds is 7. The number of nitrogens with one attached hydrogen (secondary N) is 2. The van der Waals surface area contributed by atoms with Crippen LogP contribution in [0.3, 0.4) is 0 Å². The third-order valence-electron chi connectivity index (χ3n) is 4.12. The van der Waals surface area contributed by atoms with Crippen molar-refractivity contribution in [1.82, 2.24) is 5.32 Å². The molecule has 2 rings (SSSR count). The van der Waals surface area contributed by atoms with Gasteiger partial charge in [-0.2, -0.15) is 0 Å². The predicted molar refractivity (Wildman–Crippen MR) is 85.5 cm³/mol. The minimum atomic E-state index is -0.429. The standard InChI is InChI=1S/C17H24N2O3/c1-2-5-12(8-9-20)11-18-17(22)14-10-16(21)19-15-7-4-3-6-13(14)15/h3-4,6-7,12,14,20H,2,5,8-11H2,1H3,(H,18,22)(H,19,21). The fourth-order valence-corrected chi connectivity index (χ4v) is 2.95. The van der Waals surface area contributed by atoms with Crippen LogP contribution in [0, 0.1) is 5.92 Å². The van der Waals surface area contributed by atoms with E-state index < -0.39 is 5.92 Å². The first-order valence-corrected chi connectivity index (χ1v) is 7.93. The lowest BCUT2D eigenvalue weighted by Gasteiger charge is -2.25. The molecule has 2 amide bonds. The summed E-state index contributed by atoms with van der Waals surface area (Å²) in [5.74, 6) is -0.381. The second-order valence-electron chi connectivity index (χ2n) is 5.80. The molecule has 0 saturated heterocycles. The van der Waals surface area contributed by atoms with Gasteiger partial charge in [-0.15, -0.1) is 0 Å². The predicted octanol–water partition coefficient (Wildman–Crippen LogP) is 2.03. The van der Waals surface area contributed by atoms with Gasteiger partial charge in [0.1, 0.15) is 0 Å². The SMILES string of the molecule is CCCC(CCO)CNC(=O)C1CC(=O)Nc2ccccc21. The van der Waals surface area contributed by atoms with Crippen molar-refractivity contribution in [2.45, 2.75) is 38.5 Å². The second kappa shape index (κ2) is 7.94. The topological polar surface area (TPSA) is 78.4 Å². The molecule has 2 unspecified atom stereocenters. The van der Waals surface area contributed by atoms with Crippen molar-refractivity contribution in [3.05, 3.63) is 29.8 Å². The number of aliphatic hydroxyl groups excluding tert-OH is 1. The molecule has 1 aromatic rings. The normalized spacial score (nSPS) is 18.3. The van der Waals surface area contributed by atoms with Crippen molar-refractivity contribution in [1.29, 1.82) is 0 Å². The van der Waals surface area contributed by atoms with E-state index in [0.29, 0.717) is 13.0 Å². The van der Waals surface area contributed by atoms with Gasteiger partial charge in [-0.1, -0.05) is 31.5 Å². The van der Waals surface area contributed by atoms with Crippen molar-refractivity contribution in [3.8, 4) is 0 Å². The number of carbonyl (C=O) groups is 2. The molecule has 3 N–H and O–H groups in total. The van der Waals surface area contributed by atoms with E-state index in [-0.39, 0.29) is 30.8 Å². The number of para-hydroxylation sites is 1. The summed E-state index contributed by atoms with van der Waals surface area (Å²) in [5, 5.41) is 14.8. The summed E-state index contributed by atoms with van der Waals surface area (Å²) in [6, 6.07) is 7.43. The molecule has 0 fully saturated rings. The first kappa shape index (κ1) is 16.5. The summed E-state index contributed by atoms with van der Waals surface area (Å²) in [6.07, 6.45) is 2.87. The summed E-state index contributed by atoms with van der Waals surface area (Å²) in [7, 11) is 0. The van der Waals surface area contributed by atoms with Gasteiger partial charge in [-0.05, 0) is 30.4 Å². The molecule has 0 spiro atoms. The number of amides is 2. The van der Waals surface area contributed by atoms with Gasteiger partial charge in [0.15, 0.2) is 0 Å². The monoisotopic (exact) mass is 304 g/mol. The molecule has 0 aliphatic carbocycles. The Kier molecular flexibility index (Phi) is 5.95. The zero-order valence-corrected chi connectivity index (χ0v) is 13.0. The molecule has 1 aromatic carbocycles. The zero-order valence-electron chi connectivity index (χ0n) is 13.0. The molecule has 0 saturated carbocycles. The van der Waals surface area contributed by atoms with Crippen molar-refractivity contribution >= 4 is 17.5 Å². The highest BCUT2D eigenvalue weighted by atomic mass is 16.3. The van der Waals surface area contributed by atoms with Gasteiger partial charge in [0, 0.05) is 25.3 Å². The van der Waals surface area contributed by atoms with E-state index in [1.54, 1.807) is 0 Å². The van der Waals surface area contributed by atoms with Crippen molar-refractivity contribution in [3.63, 3.8) is 0 Å². The molecule has 5 heteroatoms. The highest BCUT2D eigenvalue weighted by Crippen LogP contribution is 2.32. The molecule has 1 aliphatic rings. The number of benzene rings is 1. The van der Waals surface area contributed by atoms with Crippen LogP contribution in [0.5, 0.6) is 0 Å². The van der Waals surface area contributed by atoms with Crippen LogP contribution in [0.15, 0.2) is 24.3 Å². The lowest BCUT2D eigenvalue weighted by molar-refractivity contribution is -0.126. The highest BCUT2D eigenvalue weighted by Gasteiger charge is 2.30. The molecular formula is C17H24N2O3. The Labute approximate surface area is 131 Å². The molecule has 1 aliphatic heterocycles. The Morgan fingerprint density at radius 1 is 1.41 bits per heavy atom. The van der Waals surface area contributed by atoms with Crippen LogP contribution in [0.4, 0.5) is 5.69 Å². The highest BCUT2D eigenvalue weighted by molar-refractivity contribution is 6.01. The summed E-state index contributed by atoms with van der Waals surface area (Å²) < 4.78 is 0. The van der Waals surface area contributed by atoms with Crippen LogP contribution < -0.4 is 10.6 Å². The summed E-state index contributed by atoms with van der Waals surface area (Å²) in [5.41, 5.74) is 1.59. The maximum absolute atomic E-state index is 12.5. The quantitative estimate of drug-likeness (QED) is 0.721. The van der Waals surface area contributed by atoms with Crippen LogP contribution in [0.25, 0.3) is 0 Å². The van der Waals surface area contributed by atoms with Crippen LogP contribution in [-0.4, -0.2) is 30.1 Å². The largest absolute Gasteiger partial charge is 0.396 e. The average Bonchev–Trinajstić information content (AvgIpc) is 2.52. The first-order valence-electron chi connectivity index (χ1n) is 7.93. The van der Waals surface area contributed by atoms with Gasteiger partial charge in [0.05, 0.1) is 5.92 Å². The maximum atomic E-state index is 12.5. The maximum Gasteiger partial charge on any atom is 0.228 e. The molecule has 22 heavy (non-hydrogen) atoms. The smallest absolute Gasteiger partial charge is 0.228 e. The minimum absolute atomic E-state index is 0.110. The zero-order chi connectivity index (χ0) is 15.9. The molecule has 120 valence electrons. The van der Waals surface area contributed by atoms with Crippen LogP contribution in [0.2, 0.25) is 0 Å². The van der Waals surface area contributed by atoms with Crippen LogP contribution >= 0.6 is 0 Å². The van der Waals surface area contributed by atoms with E-state index in [2.05, 4.69) is 17.6 Å². The number of anilines is 1. The summed E-state index contributed by atoms with van der Waals surface area (Å²) in [4.78, 5) is 24.2. The molecule has 0 aromatic heterocycles. The van der Waals surface area contributed by atoms with E-state index in [9.17, 15) is 9.59 Å². The molecule has 0 radical (unpaired) electrons. The van der Waals surface area contributed by atoms with Gasteiger partial charge >= 0.3 is 0 Å². The van der Waals surface area contributed by atoms with E-state index in [1.165, 1.54) is 0 Å². The van der Waals surface area contributed by atoms with E-state index in [1.807, 2.05) is 24.3 Å². The lowest BCUT2D eigenvalue weighted by Crippen LogP contribution is -2.37. The molecule has 2 atom stereocenters. The van der Waals surface area contributed by atoms with Crippen LogP contribution in [-0.2, 0) is 9.59 Å². The van der Waals surface area contributed by atoms with Gasteiger partial charge in [0.2, 0.25) is 11.8 Å².